The lowest BCUT2D eigenvalue weighted by molar-refractivity contribution is -0.140. The number of aromatic nitrogens is 1. The van der Waals surface area contributed by atoms with Crippen LogP contribution in [0.3, 0.4) is 0 Å². The molecule has 1 heterocycles. The molecule has 1 aromatic rings. The van der Waals surface area contributed by atoms with E-state index >= 15 is 0 Å². The van der Waals surface area contributed by atoms with E-state index in [4.69, 9.17) is 21.4 Å². The lowest BCUT2D eigenvalue weighted by Crippen LogP contribution is -2.39. The first-order chi connectivity index (χ1) is 8.95. The minimum absolute atomic E-state index is 0.0200. The molecular formula is C12H15ClN2O4. The van der Waals surface area contributed by atoms with Crippen LogP contribution in [0.1, 0.15) is 6.92 Å². The molecule has 0 bridgehead atoms. The molecule has 0 aliphatic carbocycles. The van der Waals surface area contributed by atoms with Gasteiger partial charge in [-0.15, -0.1) is 0 Å². The number of pyridine rings is 1. The van der Waals surface area contributed by atoms with Gasteiger partial charge in [0.15, 0.2) is 0 Å². The number of nitrogens with zero attached hydrogens (tertiary/aromatic N) is 2. The second-order valence-corrected chi connectivity index (χ2v) is 4.45. The van der Waals surface area contributed by atoms with Crippen LogP contribution in [0.5, 0.6) is 0 Å². The predicted octanol–water partition coefficient (Wildman–Crippen LogP) is 1.44. The Kier molecular flexibility index (Phi) is 5.72. The first-order valence-corrected chi connectivity index (χ1v) is 5.97. The quantitative estimate of drug-likeness (QED) is 0.856. The number of carbonyl (C=O) groups excluding carboxylic acids is 1. The average Bonchev–Trinajstić information content (AvgIpc) is 2.37. The van der Waals surface area contributed by atoms with Crippen LogP contribution in [0.4, 0.5) is 5.82 Å². The lowest BCUT2D eigenvalue weighted by atomic mass is 10.1. The zero-order valence-electron chi connectivity index (χ0n) is 10.7. The number of amides is 1. The predicted molar refractivity (Wildman–Crippen MR) is 70.3 cm³/mol. The van der Waals surface area contributed by atoms with Gasteiger partial charge >= 0.3 is 5.97 Å². The van der Waals surface area contributed by atoms with Crippen LogP contribution in [0.2, 0.25) is 5.02 Å². The number of aliphatic carboxylic acids is 1. The van der Waals surface area contributed by atoms with E-state index in [2.05, 4.69) is 4.98 Å². The molecule has 1 unspecified atom stereocenters. The molecule has 19 heavy (non-hydrogen) atoms. The van der Waals surface area contributed by atoms with Crippen LogP contribution < -0.4 is 4.90 Å². The molecule has 1 amide bonds. The molecule has 1 aromatic heterocycles. The second-order valence-electron chi connectivity index (χ2n) is 4.01. The molecule has 0 aliphatic heterocycles. The van der Waals surface area contributed by atoms with E-state index < -0.39 is 11.9 Å². The first kappa shape index (κ1) is 15.4. The molecule has 104 valence electrons. The summed E-state index contributed by atoms with van der Waals surface area (Å²) in [5, 5.41) is 9.36. The lowest BCUT2D eigenvalue weighted by Gasteiger charge is -2.23. The Morgan fingerprint density at radius 3 is 2.68 bits per heavy atom. The number of carboxylic acids is 1. The van der Waals surface area contributed by atoms with E-state index in [1.54, 1.807) is 12.1 Å². The van der Waals surface area contributed by atoms with Crippen LogP contribution in [0.15, 0.2) is 18.3 Å². The van der Waals surface area contributed by atoms with Gasteiger partial charge in [-0.05, 0) is 12.1 Å². The molecule has 6 nitrogen and oxygen atoms in total. The molecule has 0 saturated heterocycles. The Morgan fingerprint density at radius 1 is 1.53 bits per heavy atom. The van der Waals surface area contributed by atoms with Gasteiger partial charge in [-0.25, -0.2) is 4.98 Å². The van der Waals surface area contributed by atoms with Crippen LogP contribution in [0, 0.1) is 5.92 Å². The normalized spacial score (nSPS) is 11.9. The number of rotatable bonds is 6. The summed E-state index contributed by atoms with van der Waals surface area (Å²) < 4.78 is 4.78. The van der Waals surface area contributed by atoms with Gasteiger partial charge in [-0.2, -0.15) is 0 Å². The maximum atomic E-state index is 11.9. The summed E-state index contributed by atoms with van der Waals surface area (Å²) >= 11 is 5.73. The molecule has 0 spiro atoms. The van der Waals surface area contributed by atoms with Crippen molar-refractivity contribution < 1.29 is 19.4 Å². The summed E-state index contributed by atoms with van der Waals surface area (Å²) in [7, 11) is 1.39. The van der Waals surface area contributed by atoms with Gasteiger partial charge in [-0.1, -0.05) is 18.5 Å². The summed E-state index contributed by atoms with van der Waals surface area (Å²) in [6.45, 7) is 1.40. The van der Waals surface area contributed by atoms with Gasteiger partial charge in [0.25, 0.3) is 5.91 Å². The van der Waals surface area contributed by atoms with Crippen molar-refractivity contribution in [2.45, 2.75) is 6.92 Å². The number of hydrogen-bond donors (Lipinski definition) is 1. The van der Waals surface area contributed by atoms with Crippen molar-refractivity contribution in [2.24, 2.45) is 5.92 Å². The summed E-state index contributed by atoms with van der Waals surface area (Å²) in [6.07, 6.45) is 1.40. The van der Waals surface area contributed by atoms with Crippen molar-refractivity contribution in [2.75, 3.05) is 25.2 Å². The Morgan fingerprint density at radius 2 is 2.21 bits per heavy atom. The van der Waals surface area contributed by atoms with Crippen molar-refractivity contribution in [3.8, 4) is 0 Å². The Hall–Kier alpha value is -1.66. The highest BCUT2D eigenvalue weighted by Crippen LogP contribution is 2.16. The van der Waals surface area contributed by atoms with E-state index in [0.717, 1.165) is 0 Å². The summed E-state index contributed by atoms with van der Waals surface area (Å²) in [5.41, 5.74) is 0. The highest BCUT2D eigenvalue weighted by Gasteiger charge is 2.22. The van der Waals surface area contributed by atoms with E-state index in [1.807, 2.05) is 0 Å². The standard InChI is InChI=1S/C12H15ClN2O4/c1-8(12(17)18)6-15(11(16)7-19-2)10-4-3-9(13)5-14-10/h3-5,8H,6-7H2,1-2H3,(H,17,18). The summed E-state index contributed by atoms with van der Waals surface area (Å²) in [6, 6.07) is 3.15. The van der Waals surface area contributed by atoms with Gasteiger partial charge in [0.2, 0.25) is 0 Å². The number of carbonyl (C=O) groups is 2. The van der Waals surface area contributed by atoms with Gasteiger partial charge in [0.1, 0.15) is 12.4 Å². The third-order valence-corrected chi connectivity index (χ3v) is 2.66. The third kappa shape index (κ3) is 4.50. The fourth-order valence-electron chi connectivity index (χ4n) is 1.40. The Labute approximate surface area is 115 Å². The highest BCUT2D eigenvalue weighted by molar-refractivity contribution is 6.30. The van der Waals surface area contributed by atoms with Crippen LogP contribution in [0.25, 0.3) is 0 Å². The number of ether oxygens (including phenoxy) is 1. The van der Waals surface area contributed by atoms with E-state index in [9.17, 15) is 9.59 Å². The number of hydrogen-bond acceptors (Lipinski definition) is 4. The fourth-order valence-corrected chi connectivity index (χ4v) is 1.52. The largest absolute Gasteiger partial charge is 0.481 e. The van der Waals surface area contributed by atoms with Crippen LogP contribution >= 0.6 is 11.6 Å². The fraction of sp³-hybridized carbons (Fsp3) is 0.417. The van der Waals surface area contributed by atoms with Crippen molar-refractivity contribution in [3.63, 3.8) is 0 Å². The van der Waals surface area contributed by atoms with Gasteiger partial charge < -0.3 is 9.84 Å². The maximum absolute atomic E-state index is 11.9. The monoisotopic (exact) mass is 286 g/mol. The topological polar surface area (TPSA) is 79.7 Å². The molecule has 0 aromatic carbocycles. The van der Waals surface area contributed by atoms with Gasteiger partial charge in [0.05, 0.1) is 10.9 Å². The molecule has 7 heteroatoms. The SMILES string of the molecule is COCC(=O)N(CC(C)C(=O)O)c1ccc(Cl)cn1. The van der Waals surface area contributed by atoms with Crippen LogP contribution in [-0.4, -0.2) is 42.2 Å². The summed E-state index contributed by atoms with van der Waals surface area (Å²) in [5.74, 6) is -1.70. The van der Waals surface area contributed by atoms with E-state index in [-0.39, 0.29) is 19.1 Å². The zero-order chi connectivity index (χ0) is 14.4. The minimum atomic E-state index is -0.982. The first-order valence-electron chi connectivity index (χ1n) is 5.59. The molecular weight excluding hydrogens is 272 g/mol. The van der Waals surface area contributed by atoms with Crippen molar-refractivity contribution in [3.05, 3.63) is 23.4 Å². The van der Waals surface area contributed by atoms with Crippen molar-refractivity contribution in [1.82, 2.24) is 4.98 Å². The average molecular weight is 287 g/mol. The van der Waals surface area contributed by atoms with E-state index in [0.29, 0.717) is 10.8 Å². The molecule has 0 aliphatic rings. The number of carboxylic acid groups (broad SMARTS) is 1. The zero-order valence-corrected chi connectivity index (χ0v) is 11.4. The van der Waals surface area contributed by atoms with Crippen LogP contribution in [-0.2, 0) is 14.3 Å². The number of anilines is 1. The van der Waals surface area contributed by atoms with Gasteiger partial charge in [0, 0.05) is 19.9 Å². The highest BCUT2D eigenvalue weighted by atomic mass is 35.5. The van der Waals surface area contributed by atoms with Crippen molar-refractivity contribution in [1.29, 1.82) is 0 Å². The molecule has 0 radical (unpaired) electrons. The molecule has 0 fully saturated rings. The number of methoxy groups -OCH3 is 1. The summed E-state index contributed by atoms with van der Waals surface area (Å²) in [4.78, 5) is 28.1. The molecule has 1 atom stereocenters. The van der Waals surface area contributed by atoms with Gasteiger partial charge in [-0.3, -0.25) is 14.5 Å². The second kappa shape index (κ2) is 7.06. The minimum Gasteiger partial charge on any atom is -0.481 e. The molecule has 0 saturated carbocycles. The molecule has 1 rings (SSSR count). The number of halogens is 1. The Balaban J connectivity index is 2.94. The Bertz CT molecular complexity index is 450. The maximum Gasteiger partial charge on any atom is 0.308 e. The van der Waals surface area contributed by atoms with E-state index in [1.165, 1.54) is 25.1 Å². The molecule has 1 N–H and O–H groups in total. The smallest absolute Gasteiger partial charge is 0.308 e. The van der Waals surface area contributed by atoms with Crippen molar-refractivity contribution >= 4 is 29.3 Å². The third-order valence-electron chi connectivity index (χ3n) is 2.44.